The van der Waals surface area contributed by atoms with Gasteiger partial charge in [0.1, 0.15) is 23.0 Å². The molecular formula is C23H33N7O3. The van der Waals surface area contributed by atoms with Crippen molar-refractivity contribution in [1.29, 1.82) is 0 Å². The van der Waals surface area contributed by atoms with Gasteiger partial charge in [0.15, 0.2) is 0 Å². The quantitative estimate of drug-likeness (QED) is 0.636. The highest BCUT2D eigenvalue weighted by Gasteiger charge is 2.53. The Balaban J connectivity index is 1.52. The lowest BCUT2D eigenvalue weighted by molar-refractivity contribution is -0.146. The van der Waals surface area contributed by atoms with Crippen LogP contribution in [0.5, 0.6) is 0 Å². The molecule has 2 saturated heterocycles. The number of carbonyl (C=O) groups is 1. The summed E-state index contributed by atoms with van der Waals surface area (Å²) < 4.78 is 10.7. The van der Waals surface area contributed by atoms with E-state index < -0.39 is 5.54 Å². The molecule has 2 N–H and O–H groups in total. The molecule has 1 atom stereocenters. The average molecular weight is 456 g/mol. The van der Waals surface area contributed by atoms with Gasteiger partial charge < -0.3 is 24.6 Å². The van der Waals surface area contributed by atoms with Crippen LogP contribution in [0.2, 0.25) is 0 Å². The van der Waals surface area contributed by atoms with Crippen LogP contribution in [0, 0.1) is 5.41 Å². The molecule has 10 nitrogen and oxygen atoms in total. The fourth-order valence-electron chi connectivity index (χ4n) is 5.07. The highest BCUT2D eigenvalue weighted by molar-refractivity contribution is 5.85. The summed E-state index contributed by atoms with van der Waals surface area (Å²) in [7, 11) is 1.44. The third-order valence-electron chi connectivity index (χ3n) is 6.76. The number of hydrogen-bond acceptors (Lipinski definition) is 9. The number of aromatic nitrogens is 4. The van der Waals surface area contributed by atoms with E-state index in [1.165, 1.54) is 20.0 Å². The van der Waals surface area contributed by atoms with Crippen LogP contribution in [-0.2, 0) is 14.3 Å². The van der Waals surface area contributed by atoms with E-state index in [0.717, 1.165) is 30.4 Å². The van der Waals surface area contributed by atoms with Crippen molar-refractivity contribution in [1.82, 2.24) is 20.2 Å². The van der Waals surface area contributed by atoms with E-state index in [9.17, 15) is 4.79 Å². The average Bonchev–Trinajstić information content (AvgIpc) is 3.49. The first-order valence-corrected chi connectivity index (χ1v) is 11.7. The standard InChI is InChI=1S/C23H33N7O3/c1-22(2)13-23(3,20(31)32-4)30(14-22)21-25-17(12-19(26-21)29-7-9-33-10-8-29)24-18-11-16(27-28-18)15-5-6-15/h11-12,15H,5-10,13-14H2,1-4H3,(H2,24,25,26,27,28)/t23-/m0/s1. The van der Waals surface area contributed by atoms with Crippen molar-refractivity contribution < 1.29 is 14.3 Å². The fraction of sp³-hybridized carbons (Fsp3) is 0.652. The first-order chi connectivity index (χ1) is 15.8. The van der Waals surface area contributed by atoms with Gasteiger partial charge >= 0.3 is 5.97 Å². The van der Waals surface area contributed by atoms with E-state index in [1.54, 1.807) is 0 Å². The molecule has 1 saturated carbocycles. The number of ether oxygens (including phenoxy) is 2. The predicted octanol–water partition coefficient (Wildman–Crippen LogP) is 2.83. The Morgan fingerprint density at radius 3 is 2.67 bits per heavy atom. The van der Waals surface area contributed by atoms with Crippen molar-refractivity contribution >= 4 is 29.4 Å². The predicted molar refractivity (Wildman–Crippen MR) is 125 cm³/mol. The number of morpholine rings is 1. The van der Waals surface area contributed by atoms with Crippen molar-refractivity contribution in [3.8, 4) is 0 Å². The van der Waals surface area contributed by atoms with Crippen LogP contribution in [0.15, 0.2) is 12.1 Å². The van der Waals surface area contributed by atoms with Gasteiger partial charge in [0.2, 0.25) is 5.95 Å². The number of rotatable bonds is 6. The lowest BCUT2D eigenvalue weighted by Crippen LogP contribution is -2.49. The summed E-state index contributed by atoms with van der Waals surface area (Å²) in [6.45, 7) is 9.71. The Labute approximate surface area is 194 Å². The lowest BCUT2D eigenvalue weighted by atomic mass is 9.85. The van der Waals surface area contributed by atoms with Crippen LogP contribution < -0.4 is 15.1 Å². The summed E-state index contributed by atoms with van der Waals surface area (Å²) in [4.78, 5) is 26.8. The summed E-state index contributed by atoms with van der Waals surface area (Å²) in [6.07, 6.45) is 3.05. The third-order valence-corrected chi connectivity index (χ3v) is 6.76. The van der Waals surface area contributed by atoms with E-state index >= 15 is 0 Å². The van der Waals surface area contributed by atoms with Crippen LogP contribution in [0.25, 0.3) is 0 Å². The minimum absolute atomic E-state index is 0.0859. The smallest absolute Gasteiger partial charge is 0.331 e. The maximum Gasteiger partial charge on any atom is 0.331 e. The van der Waals surface area contributed by atoms with Crippen molar-refractivity contribution in [2.45, 2.75) is 51.5 Å². The molecule has 0 amide bonds. The van der Waals surface area contributed by atoms with Gasteiger partial charge in [-0.15, -0.1) is 0 Å². The van der Waals surface area contributed by atoms with Gasteiger partial charge in [-0.1, -0.05) is 13.8 Å². The molecule has 2 aliphatic heterocycles. The largest absolute Gasteiger partial charge is 0.467 e. The monoisotopic (exact) mass is 455 g/mol. The molecule has 0 spiro atoms. The van der Waals surface area contributed by atoms with Gasteiger partial charge in [0, 0.05) is 37.7 Å². The van der Waals surface area contributed by atoms with E-state index in [2.05, 4.69) is 34.3 Å². The minimum atomic E-state index is -0.841. The van der Waals surface area contributed by atoms with Crippen LogP contribution >= 0.6 is 0 Å². The molecule has 178 valence electrons. The van der Waals surface area contributed by atoms with Gasteiger partial charge in [-0.3, -0.25) is 5.10 Å². The summed E-state index contributed by atoms with van der Waals surface area (Å²) >= 11 is 0. The number of nitrogens with zero attached hydrogens (tertiary/aromatic N) is 5. The Morgan fingerprint density at radius 2 is 1.97 bits per heavy atom. The number of hydrogen-bond donors (Lipinski definition) is 2. The fourth-order valence-corrected chi connectivity index (χ4v) is 5.07. The Hall–Kier alpha value is -2.88. The molecule has 0 bridgehead atoms. The van der Waals surface area contributed by atoms with Crippen LogP contribution in [0.3, 0.4) is 0 Å². The number of methoxy groups -OCH3 is 1. The number of esters is 1. The lowest BCUT2D eigenvalue weighted by Gasteiger charge is -2.34. The van der Waals surface area contributed by atoms with Crippen LogP contribution in [0.1, 0.15) is 51.6 Å². The van der Waals surface area contributed by atoms with E-state index in [4.69, 9.17) is 19.4 Å². The number of nitrogens with one attached hydrogen (secondary N) is 2. The molecule has 5 rings (SSSR count). The zero-order valence-corrected chi connectivity index (χ0v) is 19.8. The first kappa shape index (κ1) is 21.9. The van der Waals surface area contributed by atoms with Crippen molar-refractivity contribution in [2.24, 2.45) is 5.41 Å². The normalized spacial score (nSPS) is 24.7. The maximum absolute atomic E-state index is 12.9. The van der Waals surface area contributed by atoms with Gasteiger partial charge in [-0.25, -0.2) is 4.79 Å². The van der Waals surface area contributed by atoms with Gasteiger partial charge in [0.05, 0.1) is 26.0 Å². The zero-order valence-electron chi connectivity index (χ0n) is 19.8. The minimum Gasteiger partial charge on any atom is -0.467 e. The molecule has 3 aliphatic rings. The summed E-state index contributed by atoms with van der Waals surface area (Å²) in [6, 6.07) is 3.99. The summed E-state index contributed by atoms with van der Waals surface area (Å²) in [5, 5.41) is 10.9. The topological polar surface area (TPSA) is 108 Å². The highest BCUT2D eigenvalue weighted by atomic mass is 16.5. The van der Waals surface area contributed by atoms with E-state index in [-0.39, 0.29) is 11.4 Å². The third kappa shape index (κ3) is 4.36. The van der Waals surface area contributed by atoms with E-state index in [1.807, 2.05) is 24.0 Å². The second-order valence-corrected chi connectivity index (χ2v) is 10.3. The number of H-pyrrole nitrogens is 1. The number of anilines is 4. The molecule has 33 heavy (non-hydrogen) atoms. The SMILES string of the molecule is COC(=O)[C@]1(C)CC(C)(C)CN1c1nc(Nc2cc(C3CC3)n[nH]2)cc(N2CCOCC2)n1. The first-order valence-electron chi connectivity index (χ1n) is 11.7. The highest BCUT2D eigenvalue weighted by Crippen LogP contribution is 2.44. The van der Waals surface area contributed by atoms with Crippen molar-refractivity contribution in [3.63, 3.8) is 0 Å². The molecule has 3 fully saturated rings. The second kappa shape index (κ2) is 8.16. The number of aromatic amines is 1. The van der Waals surface area contributed by atoms with Crippen LogP contribution in [0.4, 0.5) is 23.4 Å². The Bertz CT molecular complexity index is 1030. The van der Waals surface area contributed by atoms with E-state index in [0.29, 0.717) is 43.9 Å². The molecule has 10 heteroatoms. The molecule has 2 aromatic rings. The van der Waals surface area contributed by atoms with Crippen molar-refractivity contribution in [3.05, 3.63) is 17.8 Å². The summed E-state index contributed by atoms with van der Waals surface area (Å²) in [5.74, 6) is 3.07. The molecule has 0 aromatic carbocycles. The van der Waals surface area contributed by atoms with Crippen molar-refractivity contribution in [2.75, 3.05) is 55.1 Å². The number of carbonyl (C=O) groups excluding carboxylic acids is 1. The molecule has 0 radical (unpaired) electrons. The molecular weight excluding hydrogens is 422 g/mol. The zero-order chi connectivity index (χ0) is 23.2. The second-order valence-electron chi connectivity index (χ2n) is 10.3. The van der Waals surface area contributed by atoms with Gasteiger partial charge in [-0.05, 0) is 31.6 Å². The molecule has 4 heterocycles. The Kier molecular flexibility index (Phi) is 5.43. The Morgan fingerprint density at radius 1 is 1.21 bits per heavy atom. The molecule has 2 aromatic heterocycles. The molecule has 1 aliphatic carbocycles. The van der Waals surface area contributed by atoms with Crippen LogP contribution in [-0.4, -0.2) is 71.6 Å². The molecule has 0 unspecified atom stereocenters. The summed E-state index contributed by atoms with van der Waals surface area (Å²) in [5.41, 5.74) is 0.156. The maximum atomic E-state index is 12.9. The van der Waals surface area contributed by atoms with Gasteiger partial charge in [0.25, 0.3) is 0 Å². The van der Waals surface area contributed by atoms with Gasteiger partial charge in [-0.2, -0.15) is 15.1 Å².